The Morgan fingerprint density at radius 1 is 0.892 bits per heavy atom. The lowest BCUT2D eigenvalue weighted by atomic mass is 10.0. The van der Waals surface area contributed by atoms with Gasteiger partial charge in [-0.05, 0) is 69.1 Å². The van der Waals surface area contributed by atoms with E-state index in [1.54, 1.807) is 0 Å². The minimum Gasteiger partial charge on any atom is -0.106 e. The Bertz CT molecular complexity index is 572. The molecule has 1 unspecified atom stereocenters. The molecule has 0 fully saturated rings. The number of allylic oxidation sites excluding steroid dienone is 4. The highest BCUT2D eigenvalue weighted by molar-refractivity contribution is 5.32. The van der Waals surface area contributed by atoms with Gasteiger partial charge >= 0.3 is 0 Å². The van der Waals surface area contributed by atoms with Gasteiger partial charge in [0.05, 0.1) is 0 Å². The molecule has 0 bridgehead atoms. The van der Waals surface area contributed by atoms with Crippen molar-refractivity contribution in [1.82, 2.24) is 0 Å². The van der Waals surface area contributed by atoms with Crippen molar-refractivity contribution in [3.05, 3.63) is 85.0 Å². The Labute approximate surface area is 239 Å². The first-order valence-electron chi connectivity index (χ1n) is 14.0. The lowest BCUT2D eigenvalue weighted by molar-refractivity contribution is 0.599. The van der Waals surface area contributed by atoms with Crippen molar-refractivity contribution < 1.29 is 0 Å². The summed E-state index contributed by atoms with van der Waals surface area (Å²) in [5.41, 5.74) is 5.43. The molecule has 222 valence electrons. The fourth-order valence-corrected chi connectivity index (χ4v) is 2.12. The summed E-state index contributed by atoms with van der Waals surface area (Å²) >= 11 is 0. The van der Waals surface area contributed by atoms with Crippen LogP contribution in [0.25, 0.3) is 0 Å². The van der Waals surface area contributed by atoms with Gasteiger partial charge in [-0.1, -0.05) is 151 Å². The third kappa shape index (κ3) is 51.6. The van der Waals surface area contributed by atoms with Crippen LogP contribution in [0.3, 0.4) is 0 Å². The summed E-state index contributed by atoms with van der Waals surface area (Å²) in [4.78, 5) is 0. The molecule has 0 saturated heterocycles. The van der Waals surface area contributed by atoms with Crippen LogP contribution < -0.4 is 0 Å². The van der Waals surface area contributed by atoms with Crippen molar-refractivity contribution in [1.29, 1.82) is 0 Å². The van der Waals surface area contributed by atoms with Gasteiger partial charge in [-0.3, -0.25) is 0 Å². The Hall–Kier alpha value is -1.82. The van der Waals surface area contributed by atoms with Crippen LogP contribution in [0, 0.1) is 25.7 Å². The fourth-order valence-electron chi connectivity index (χ4n) is 2.12. The largest absolute Gasteiger partial charge is 0.106 e. The zero-order chi connectivity index (χ0) is 28.7. The van der Waals surface area contributed by atoms with E-state index in [1.165, 1.54) is 55.2 Å². The van der Waals surface area contributed by atoms with E-state index in [4.69, 9.17) is 0 Å². The van der Waals surface area contributed by atoms with Gasteiger partial charge in [0.25, 0.3) is 0 Å². The molecular weight excluding hydrogens is 444 g/mol. The molecule has 0 heteroatoms. The minimum atomic E-state index is 0. The summed E-state index contributed by atoms with van der Waals surface area (Å²) in [6.07, 6.45) is 15.0. The maximum Gasteiger partial charge on any atom is -0.0265 e. The number of hydrogen-bond acceptors (Lipinski definition) is 0. The molecule has 1 atom stereocenters. The molecule has 0 heterocycles. The fraction of sp³-hybridized carbons (Fsp3) is 0.622. The minimum absolute atomic E-state index is 0. The first-order valence-corrected chi connectivity index (χ1v) is 14.0. The second-order valence-electron chi connectivity index (χ2n) is 9.22. The summed E-state index contributed by atoms with van der Waals surface area (Å²) in [5.74, 6) is 1.60. The first-order chi connectivity index (χ1) is 16.5. The Kier molecular flexibility index (Phi) is 61.8. The smallest absolute Gasteiger partial charge is 0.0265 e. The van der Waals surface area contributed by atoms with E-state index in [-0.39, 0.29) is 14.9 Å². The zero-order valence-corrected chi connectivity index (χ0v) is 26.4. The van der Waals surface area contributed by atoms with Crippen molar-refractivity contribution in [2.24, 2.45) is 11.8 Å². The number of aryl methyl sites for hydroxylation is 2. The Balaban J connectivity index is -0.0000000611. The van der Waals surface area contributed by atoms with Crippen LogP contribution in [0.1, 0.15) is 139 Å². The van der Waals surface area contributed by atoms with E-state index >= 15 is 0 Å². The van der Waals surface area contributed by atoms with Gasteiger partial charge in [-0.15, -0.1) is 19.7 Å². The molecule has 0 aliphatic rings. The zero-order valence-electron chi connectivity index (χ0n) is 26.4. The van der Waals surface area contributed by atoms with E-state index in [0.717, 1.165) is 23.8 Å². The molecule has 0 aliphatic carbocycles. The summed E-state index contributed by atoms with van der Waals surface area (Å²) in [5, 5.41) is 0. The molecular formula is C37H74. The quantitative estimate of drug-likeness (QED) is 0.237. The van der Waals surface area contributed by atoms with Crippen LogP contribution in [0.15, 0.2) is 68.3 Å². The summed E-state index contributed by atoms with van der Waals surface area (Å²) in [6.45, 7) is 39.3. The number of unbranched alkanes of at least 4 members (excludes halogenated alkanes) is 2. The average Bonchev–Trinajstić information content (AvgIpc) is 2.86. The summed E-state index contributed by atoms with van der Waals surface area (Å²) < 4.78 is 0. The monoisotopic (exact) mass is 519 g/mol. The van der Waals surface area contributed by atoms with Gasteiger partial charge in [-0.2, -0.15) is 0 Å². The second kappa shape index (κ2) is 44.2. The van der Waals surface area contributed by atoms with Crippen molar-refractivity contribution >= 4 is 0 Å². The second-order valence-corrected chi connectivity index (χ2v) is 9.22. The van der Waals surface area contributed by atoms with E-state index in [0.29, 0.717) is 0 Å². The molecule has 0 amide bonds. The van der Waals surface area contributed by atoms with Crippen molar-refractivity contribution in [3.8, 4) is 0 Å². The van der Waals surface area contributed by atoms with Gasteiger partial charge in [0.1, 0.15) is 0 Å². The molecule has 37 heavy (non-hydrogen) atoms. The highest BCUT2D eigenvalue weighted by Gasteiger charge is 1.95. The maximum absolute atomic E-state index is 3.71. The van der Waals surface area contributed by atoms with E-state index in [2.05, 4.69) is 114 Å². The average molecular weight is 519 g/mol. The predicted octanol–water partition coefficient (Wildman–Crippen LogP) is 13.9. The summed E-state index contributed by atoms with van der Waals surface area (Å²) in [6, 6.07) is 6.48. The van der Waals surface area contributed by atoms with Crippen LogP contribution in [0.4, 0.5) is 0 Å². The number of benzene rings is 1. The van der Waals surface area contributed by atoms with Crippen LogP contribution in [-0.4, -0.2) is 0 Å². The van der Waals surface area contributed by atoms with Crippen LogP contribution in [-0.2, 0) is 6.42 Å². The maximum atomic E-state index is 3.71. The molecule has 0 radical (unpaired) electrons. The number of hydrogen-bond donors (Lipinski definition) is 0. The Morgan fingerprint density at radius 2 is 1.35 bits per heavy atom. The molecule has 0 saturated carbocycles. The highest BCUT2D eigenvalue weighted by atomic mass is 14.0. The highest BCUT2D eigenvalue weighted by Crippen LogP contribution is 2.12. The SMILES string of the molecule is C.C.C=C.C=C(C)/C=C\C.C=CC(C)CCCC.CCC(C)C.CCCC.CCc1cccc(C)c1C. The van der Waals surface area contributed by atoms with Gasteiger partial charge in [0, 0.05) is 0 Å². The molecule has 0 aromatic heterocycles. The third-order valence-corrected chi connectivity index (χ3v) is 5.28. The van der Waals surface area contributed by atoms with E-state index < -0.39 is 0 Å². The topological polar surface area (TPSA) is 0 Å². The third-order valence-electron chi connectivity index (χ3n) is 5.28. The van der Waals surface area contributed by atoms with E-state index in [1.807, 2.05) is 32.1 Å². The molecule has 0 spiro atoms. The molecule has 0 N–H and O–H groups in total. The van der Waals surface area contributed by atoms with Crippen LogP contribution in [0.2, 0.25) is 0 Å². The van der Waals surface area contributed by atoms with E-state index in [9.17, 15) is 0 Å². The van der Waals surface area contributed by atoms with Gasteiger partial charge in [0.15, 0.2) is 0 Å². The van der Waals surface area contributed by atoms with Crippen molar-refractivity contribution in [2.45, 2.75) is 143 Å². The lowest BCUT2D eigenvalue weighted by Gasteiger charge is -2.04. The van der Waals surface area contributed by atoms with Crippen LogP contribution >= 0.6 is 0 Å². The van der Waals surface area contributed by atoms with Crippen LogP contribution in [0.5, 0.6) is 0 Å². The first kappa shape index (κ1) is 51.8. The van der Waals surface area contributed by atoms with Crippen molar-refractivity contribution in [2.75, 3.05) is 0 Å². The van der Waals surface area contributed by atoms with Gasteiger partial charge < -0.3 is 0 Å². The number of rotatable bonds is 8. The molecule has 1 rings (SSSR count). The lowest BCUT2D eigenvalue weighted by Crippen LogP contribution is -1.88. The molecule has 1 aromatic carbocycles. The normalized spacial score (nSPS) is 9.32. The molecule has 0 nitrogen and oxygen atoms in total. The Morgan fingerprint density at radius 3 is 1.57 bits per heavy atom. The van der Waals surface area contributed by atoms with Crippen molar-refractivity contribution in [3.63, 3.8) is 0 Å². The van der Waals surface area contributed by atoms with Gasteiger partial charge in [0.2, 0.25) is 0 Å². The standard InChI is InChI=1S/C10H14.C8H16.C6H10.C5H12.C4H10.C2H4.2CH4/c1-4-10-7-5-6-8(2)9(10)3;1-4-6-7-8(3)5-2;1-4-5-6(2)3;1-4-5(2)3;1-3-4-2;1-2;;/h5-7H,4H2,1-3H3;5,8H,2,4,6-7H2,1,3H3;4-5H,2H2,1,3H3;5H,4H2,1-3H3;3-4H2,1-2H3;1-2H2;2*1H4/b;;5-4-;;;;;. The molecule has 1 aromatic rings. The van der Waals surface area contributed by atoms with Gasteiger partial charge in [-0.25, -0.2) is 0 Å². The molecule has 0 aliphatic heterocycles. The predicted molar refractivity (Wildman–Crippen MR) is 184 cm³/mol. The summed E-state index contributed by atoms with van der Waals surface area (Å²) in [7, 11) is 0.